The van der Waals surface area contributed by atoms with Crippen LogP contribution in [0.1, 0.15) is 5.56 Å². The molecule has 0 saturated carbocycles. The van der Waals surface area contributed by atoms with Crippen LogP contribution in [0.25, 0.3) is 0 Å². The van der Waals surface area contributed by atoms with Crippen LogP contribution in [-0.2, 0) is 14.8 Å². The van der Waals surface area contributed by atoms with Crippen molar-refractivity contribution in [2.45, 2.75) is 17.0 Å². The predicted molar refractivity (Wildman–Crippen MR) is 81.1 cm³/mol. The second-order valence-corrected chi connectivity index (χ2v) is 7.85. The van der Waals surface area contributed by atoms with Crippen molar-refractivity contribution in [3.8, 4) is 6.07 Å². The fourth-order valence-corrected chi connectivity index (χ4v) is 4.90. The van der Waals surface area contributed by atoms with Crippen molar-refractivity contribution < 1.29 is 13.2 Å². The highest BCUT2D eigenvalue weighted by atomic mass is 35.5. The maximum Gasteiger partial charge on any atom is 0.244 e. The lowest BCUT2D eigenvalue weighted by molar-refractivity contribution is -0.0366. The maximum atomic E-state index is 12.8. The van der Waals surface area contributed by atoms with Gasteiger partial charge in [-0.05, 0) is 25.2 Å². The lowest BCUT2D eigenvalue weighted by atomic mass is 10.1. The van der Waals surface area contributed by atoms with E-state index in [4.69, 9.17) is 21.6 Å². The van der Waals surface area contributed by atoms with E-state index >= 15 is 0 Å². The number of sulfonamides is 1. The minimum Gasteiger partial charge on any atom is -0.374 e. The number of nitrogens with zero attached hydrogens (tertiary/aromatic N) is 3. The van der Waals surface area contributed by atoms with Gasteiger partial charge in [-0.2, -0.15) is 9.57 Å². The van der Waals surface area contributed by atoms with Gasteiger partial charge in [-0.25, -0.2) is 8.42 Å². The van der Waals surface area contributed by atoms with E-state index in [0.29, 0.717) is 19.7 Å². The molecule has 0 bridgehead atoms. The quantitative estimate of drug-likeness (QED) is 0.799. The standard InChI is InChI=1S/C14H16ClN3O3S/c1-17-4-5-21-13-9-18(8-12(13)17)22(19,20)14-6-10(7-16)2-3-11(14)15/h2-3,6,12-13H,4-5,8-9H2,1H3/t12-,13+/m0/s1. The van der Waals surface area contributed by atoms with Gasteiger partial charge >= 0.3 is 0 Å². The Kier molecular flexibility index (Phi) is 4.14. The van der Waals surface area contributed by atoms with Crippen LogP contribution in [0.5, 0.6) is 0 Å². The van der Waals surface area contributed by atoms with Crippen molar-refractivity contribution in [3.05, 3.63) is 28.8 Å². The summed E-state index contributed by atoms with van der Waals surface area (Å²) in [6.45, 7) is 2.08. The summed E-state index contributed by atoms with van der Waals surface area (Å²) in [6, 6.07) is 6.27. The highest BCUT2D eigenvalue weighted by Gasteiger charge is 2.43. The van der Waals surface area contributed by atoms with Crippen molar-refractivity contribution in [2.75, 3.05) is 33.3 Å². The molecular weight excluding hydrogens is 326 g/mol. The van der Waals surface area contributed by atoms with E-state index < -0.39 is 10.0 Å². The Morgan fingerprint density at radius 2 is 2.18 bits per heavy atom. The smallest absolute Gasteiger partial charge is 0.244 e. The maximum absolute atomic E-state index is 12.8. The van der Waals surface area contributed by atoms with Crippen LogP contribution >= 0.6 is 11.6 Å². The molecule has 2 aliphatic heterocycles. The molecule has 0 N–H and O–H groups in total. The zero-order chi connectivity index (χ0) is 15.9. The minimum absolute atomic E-state index is 0.0190. The van der Waals surface area contributed by atoms with Crippen molar-refractivity contribution in [3.63, 3.8) is 0 Å². The highest BCUT2D eigenvalue weighted by molar-refractivity contribution is 7.89. The Balaban J connectivity index is 1.93. The van der Waals surface area contributed by atoms with E-state index in [1.165, 1.54) is 22.5 Å². The number of benzene rings is 1. The lowest BCUT2D eigenvalue weighted by Gasteiger charge is -2.33. The van der Waals surface area contributed by atoms with Crippen LogP contribution in [0, 0.1) is 11.3 Å². The van der Waals surface area contributed by atoms with E-state index in [1.807, 2.05) is 13.1 Å². The van der Waals surface area contributed by atoms with Gasteiger partial charge in [0.25, 0.3) is 0 Å². The fraction of sp³-hybridized carbons (Fsp3) is 0.500. The summed E-state index contributed by atoms with van der Waals surface area (Å²) >= 11 is 6.04. The third kappa shape index (κ3) is 2.62. The zero-order valence-corrected chi connectivity index (χ0v) is 13.6. The van der Waals surface area contributed by atoms with Gasteiger partial charge in [0.2, 0.25) is 10.0 Å². The van der Waals surface area contributed by atoms with Crippen LogP contribution in [-0.4, -0.2) is 63.1 Å². The Bertz CT molecular complexity index is 731. The predicted octanol–water partition coefficient (Wildman–Crippen LogP) is 0.915. The number of rotatable bonds is 2. The number of ether oxygens (including phenoxy) is 1. The first-order valence-corrected chi connectivity index (χ1v) is 8.77. The summed E-state index contributed by atoms with van der Waals surface area (Å²) in [7, 11) is -1.77. The third-order valence-electron chi connectivity index (χ3n) is 4.22. The molecule has 1 aromatic rings. The fourth-order valence-electron chi connectivity index (χ4n) is 2.93. The largest absolute Gasteiger partial charge is 0.374 e. The lowest BCUT2D eigenvalue weighted by Crippen LogP contribution is -2.48. The van der Waals surface area contributed by atoms with E-state index in [9.17, 15) is 8.42 Å². The first-order valence-electron chi connectivity index (χ1n) is 6.95. The van der Waals surface area contributed by atoms with Gasteiger partial charge in [0, 0.05) is 19.6 Å². The number of halogens is 1. The van der Waals surface area contributed by atoms with E-state index in [2.05, 4.69) is 4.90 Å². The number of fused-ring (bicyclic) bond motifs is 1. The molecule has 2 saturated heterocycles. The zero-order valence-electron chi connectivity index (χ0n) is 12.1. The molecule has 0 amide bonds. The molecule has 8 heteroatoms. The number of hydrogen-bond donors (Lipinski definition) is 0. The van der Waals surface area contributed by atoms with Crippen LogP contribution < -0.4 is 0 Å². The molecule has 2 heterocycles. The van der Waals surface area contributed by atoms with Crippen molar-refractivity contribution in [1.29, 1.82) is 5.26 Å². The number of nitriles is 1. The molecule has 118 valence electrons. The molecule has 22 heavy (non-hydrogen) atoms. The summed E-state index contributed by atoms with van der Waals surface area (Å²) in [5, 5.41) is 9.09. The average Bonchev–Trinajstić information content (AvgIpc) is 2.94. The van der Waals surface area contributed by atoms with Crippen molar-refractivity contribution >= 4 is 21.6 Å². The summed E-state index contributed by atoms with van der Waals surface area (Å²) in [6.07, 6.45) is -0.119. The second kappa shape index (κ2) is 5.80. The molecule has 0 aromatic heterocycles. The van der Waals surface area contributed by atoms with Crippen LogP contribution in [0.15, 0.2) is 23.1 Å². The Labute approximate surface area is 134 Å². The first-order chi connectivity index (χ1) is 10.4. The Morgan fingerprint density at radius 1 is 1.41 bits per heavy atom. The van der Waals surface area contributed by atoms with Gasteiger partial charge < -0.3 is 4.74 Å². The summed E-state index contributed by atoms with van der Waals surface area (Å²) in [5.41, 5.74) is 0.271. The van der Waals surface area contributed by atoms with Gasteiger partial charge in [-0.1, -0.05) is 11.6 Å². The van der Waals surface area contributed by atoms with Gasteiger partial charge in [0.1, 0.15) is 4.90 Å². The van der Waals surface area contributed by atoms with Crippen molar-refractivity contribution in [1.82, 2.24) is 9.21 Å². The summed E-state index contributed by atoms with van der Waals surface area (Å²) in [4.78, 5) is 2.10. The van der Waals surface area contributed by atoms with Crippen LogP contribution in [0.2, 0.25) is 5.02 Å². The van der Waals surface area contributed by atoms with Gasteiger partial charge in [-0.15, -0.1) is 0 Å². The molecule has 1 aromatic carbocycles. The van der Waals surface area contributed by atoms with Crippen molar-refractivity contribution in [2.24, 2.45) is 0 Å². The monoisotopic (exact) mass is 341 g/mol. The van der Waals surface area contributed by atoms with E-state index in [0.717, 1.165) is 6.54 Å². The van der Waals surface area contributed by atoms with Gasteiger partial charge in [0.15, 0.2) is 0 Å². The SMILES string of the molecule is CN1CCO[C@@H]2CN(S(=O)(=O)c3cc(C#N)ccc3Cl)C[C@@H]21. The Hall–Kier alpha value is -1.17. The molecule has 2 aliphatic rings. The molecule has 0 aliphatic carbocycles. The molecule has 2 fully saturated rings. The number of likely N-dealkylation sites (N-methyl/N-ethyl adjacent to an activating group) is 1. The molecule has 6 nitrogen and oxygen atoms in total. The molecule has 0 radical (unpaired) electrons. The normalized spacial score (nSPS) is 26.6. The second-order valence-electron chi connectivity index (χ2n) is 5.54. The highest BCUT2D eigenvalue weighted by Crippen LogP contribution is 2.30. The molecular formula is C14H16ClN3O3S. The number of hydrogen-bond acceptors (Lipinski definition) is 5. The van der Waals surface area contributed by atoms with Gasteiger partial charge in [-0.3, -0.25) is 4.90 Å². The number of morpholine rings is 1. The van der Waals surface area contributed by atoms with E-state index in [1.54, 1.807) is 0 Å². The van der Waals surface area contributed by atoms with Crippen LogP contribution in [0.3, 0.4) is 0 Å². The summed E-state index contributed by atoms with van der Waals surface area (Å²) in [5.74, 6) is 0. The first kappa shape index (κ1) is 15.7. The van der Waals surface area contributed by atoms with E-state index in [-0.39, 0.29) is 27.6 Å². The topological polar surface area (TPSA) is 73.6 Å². The van der Waals surface area contributed by atoms with Crippen LogP contribution in [0.4, 0.5) is 0 Å². The average molecular weight is 342 g/mol. The molecule has 3 rings (SSSR count). The molecule has 0 spiro atoms. The Morgan fingerprint density at radius 3 is 2.86 bits per heavy atom. The third-order valence-corrected chi connectivity index (χ3v) is 6.54. The molecule has 2 atom stereocenters. The minimum atomic E-state index is -3.74. The van der Waals surface area contributed by atoms with Gasteiger partial charge in [0.05, 0.1) is 35.4 Å². The summed E-state index contributed by atoms with van der Waals surface area (Å²) < 4.78 is 32.7. The molecule has 0 unspecified atom stereocenters.